The van der Waals surface area contributed by atoms with Gasteiger partial charge in [0, 0.05) is 10.4 Å². The molecule has 2 rings (SSSR count). The number of nitrogens with zero attached hydrogens (tertiary/aromatic N) is 1. The molecule has 4 heteroatoms. The molecule has 0 bridgehead atoms. The van der Waals surface area contributed by atoms with Gasteiger partial charge in [0.05, 0.1) is 17.1 Å². The largest absolute Gasteiger partial charge is 0.481 e. The SMILES string of the molecule is CCCc1nc(-c2ccccc2)c(CC(=O)O)s1. The summed E-state index contributed by atoms with van der Waals surface area (Å²) in [5.41, 5.74) is 1.82. The number of carbonyl (C=O) groups is 1. The topological polar surface area (TPSA) is 50.2 Å². The summed E-state index contributed by atoms with van der Waals surface area (Å²) in [6, 6.07) is 9.77. The molecular formula is C14H15NO2S. The van der Waals surface area contributed by atoms with Crippen molar-refractivity contribution in [2.24, 2.45) is 0 Å². The van der Waals surface area contributed by atoms with E-state index in [2.05, 4.69) is 11.9 Å². The lowest BCUT2D eigenvalue weighted by molar-refractivity contribution is -0.136. The molecular weight excluding hydrogens is 246 g/mol. The van der Waals surface area contributed by atoms with Crippen molar-refractivity contribution in [2.75, 3.05) is 0 Å². The number of aryl methyl sites for hydroxylation is 1. The molecule has 1 heterocycles. The number of carboxylic acid groups (broad SMARTS) is 1. The van der Waals surface area contributed by atoms with Crippen molar-refractivity contribution in [3.63, 3.8) is 0 Å². The van der Waals surface area contributed by atoms with E-state index >= 15 is 0 Å². The Balaban J connectivity index is 2.40. The van der Waals surface area contributed by atoms with Crippen LogP contribution >= 0.6 is 11.3 Å². The number of rotatable bonds is 5. The van der Waals surface area contributed by atoms with Gasteiger partial charge in [-0.3, -0.25) is 4.79 Å². The predicted molar refractivity (Wildman–Crippen MR) is 72.9 cm³/mol. The number of carboxylic acids is 1. The smallest absolute Gasteiger partial charge is 0.308 e. The summed E-state index contributed by atoms with van der Waals surface area (Å²) in [4.78, 5) is 16.3. The minimum atomic E-state index is -0.807. The Labute approximate surface area is 110 Å². The van der Waals surface area contributed by atoms with Gasteiger partial charge >= 0.3 is 5.97 Å². The van der Waals surface area contributed by atoms with Gasteiger partial charge in [-0.1, -0.05) is 37.3 Å². The number of benzene rings is 1. The average Bonchev–Trinajstić information content (AvgIpc) is 2.73. The fourth-order valence-electron chi connectivity index (χ4n) is 1.80. The highest BCUT2D eigenvalue weighted by molar-refractivity contribution is 7.12. The zero-order valence-electron chi connectivity index (χ0n) is 10.2. The van der Waals surface area contributed by atoms with Gasteiger partial charge in [0.2, 0.25) is 0 Å². The molecule has 0 amide bonds. The fourth-order valence-corrected chi connectivity index (χ4v) is 2.98. The summed E-state index contributed by atoms with van der Waals surface area (Å²) in [5, 5.41) is 9.98. The van der Waals surface area contributed by atoms with E-state index in [-0.39, 0.29) is 6.42 Å². The quantitative estimate of drug-likeness (QED) is 0.897. The van der Waals surface area contributed by atoms with Crippen molar-refractivity contribution in [3.8, 4) is 11.3 Å². The molecule has 0 spiro atoms. The molecule has 0 aliphatic rings. The molecule has 2 aromatic rings. The second kappa shape index (κ2) is 5.78. The van der Waals surface area contributed by atoms with Gasteiger partial charge in [-0.25, -0.2) is 4.98 Å². The maximum Gasteiger partial charge on any atom is 0.308 e. The van der Waals surface area contributed by atoms with E-state index in [1.54, 1.807) is 0 Å². The van der Waals surface area contributed by atoms with E-state index in [1.165, 1.54) is 11.3 Å². The molecule has 1 aromatic heterocycles. The highest BCUT2D eigenvalue weighted by atomic mass is 32.1. The summed E-state index contributed by atoms with van der Waals surface area (Å²) in [6.07, 6.45) is 1.98. The molecule has 0 saturated carbocycles. The second-order valence-electron chi connectivity index (χ2n) is 4.07. The Hall–Kier alpha value is -1.68. The lowest BCUT2D eigenvalue weighted by Gasteiger charge is -1.99. The molecule has 1 N–H and O–H groups in total. The molecule has 0 aliphatic carbocycles. The van der Waals surface area contributed by atoms with Crippen molar-refractivity contribution < 1.29 is 9.90 Å². The van der Waals surface area contributed by atoms with Crippen LogP contribution in [-0.2, 0) is 17.6 Å². The maximum absolute atomic E-state index is 10.9. The van der Waals surface area contributed by atoms with Gasteiger partial charge in [-0.15, -0.1) is 11.3 Å². The molecule has 0 atom stereocenters. The van der Waals surface area contributed by atoms with E-state index in [0.717, 1.165) is 34.0 Å². The summed E-state index contributed by atoms with van der Waals surface area (Å²) in [5.74, 6) is -0.807. The Morgan fingerprint density at radius 3 is 2.67 bits per heavy atom. The second-order valence-corrected chi connectivity index (χ2v) is 5.23. The van der Waals surface area contributed by atoms with Gasteiger partial charge in [-0.05, 0) is 12.8 Å². The van der Waals surface area contributed by atoms with Crippen LogP contribution in [-0.4, -0.2) is 16.1 Å². The third-order valence-electron chi connectivity index (χ3n) is 2.56. The van der Waals surface area contributed by atoms with E-state index in [0.29, 0.717) is 0 Å². The summed E-state index contributed by atoms with van der Waals surface area (Å²) < 4.78 is 0. The Bertz CT molecular complexity index is 534. The first-order valence-corrected chi connectivity index (χ1v) is 6.78. The standard InChI is InChI=1S/C14H15NO2S/c1-2-6-12-15-14(10-7-4-3-5-8-10)11(18-12)9-13(16)17/h3-5,7-8H,2,6,9H2,1H3,(H,16,17). The zero-order chi connectivity index (χ0) is 13.0. The predicted octanol–water partition coefficient (Wildman–Crippen LogP) is 3.39. The van der Waals surface area contributed by atoms with E-state index in [9.17, 15) is 4.79 Å². The fraction of sp³-hybridized carbons (Fsp3) is 0.286. The third-order valence-corrected chi connectivity index (χ3v) is 3.68. The molecule has 1 aromatic carbocycles. The van der Waals surface area contributed by atoms with Crippen LogP contribution < -0.4 is 0 Å². The highest BCUT2D eigenvalue weighted by Crippen LogP contribution is 2.29. The van der Waals surface area contributed by atoms with E-state index in [4.69, 9.17) is 5.11 Å². The summed E-state index contributed by atoms with van der Waals surface area (Å²) >= 11 is 1.52. The number of aromatic nitrogens is 1. The van der Waals surface area contributed by atoms with Gasteiger partial charge in [-0.2, -0.15) is 0 Å². The Kier molecular flexibility index (Phi) is 4.10. The van der Waals surface area contributed by atoms with Crippen LogP contribution in [0.3, 0.4) is 0 Å². The van der Waals surface area contributed by atoms with E-state index < -0.39 is 5.97 Å². The third kappa shape index (κ3) is 2.96. The minimum absolute atomic E-state index is 0.0472. The zero-order valence-corrected chi connectivity index (χ0v) is 11.0. The van der Waals surface area contributed by atoms with Gasteiger partial charge in [0.1, 0.15) is 0 Å². The molecule has 0 aliphatic heterocycles. The van der Waals surface area contributed by atoms with Crippen LogP contribution in [0.2, 0.25) is 0 Å². The molecule has 0 saturated heterocycles. The molecule has 94 valence electrons. The van der Waals surface area contributed by atoms with Crippen LogP contribution in [0.5, 0.6) is 0 Å². The Morgan fingerprint density at radius 2 is 2.06 bits per heavy atom. The number of hydrogen-bond donors (Lipinski definition) is 1. The monoisotopic (exact) mass is 261 g/mol. The molecule has 18 heavy (non-hydrogen) atoms. The van der Waals surface area contributed by atoms with E-state index in [1.807, 2.05) is 30.3 Å². The van der Waals surface area contributed by atoms with Crippen molar-refractivity contribution in [3.05, 3.63) is 40.2 Å². The normalized spacial score (nSPS) is 10.5. The van der Waals surface area contributed by atoms with Crippen molar-refractivity contribution >= 4 is 17.3 Å². The molecule has 0 unspecified atom stereocenters. The van der Waals surface area contributed by atoms with Crippen molar-refractivity contribution in [2.45, 2.75) is 26.2 Å². The summed E-state index contributed by atoms with van der Waals surface area (Å²) in [6.45, 7) is 2.10. The number of hydrogen-bond acceptors (Lipinski definition) is 3. The van der Waals surface area contributed by atoms with Crippen LogP contribution in [0.1, 0.15) is 23.2 Å². The first kappa shape index (κ1) is 12.8. The first-order chi connectivity index (χ1) is 8.70. The number of aliphatic carboxylic acids is 1. The highest BCUT2D eigenvalue weighted by Gasteiger charge is 2.14. The van der Waals surface area contributed by atoms with Gasteiger partial charge in [0.15, 0.2) is 0 Å². The Morgan fingerprint density at radius 1 is 1.33 bits per heavy atom. The minimum Gasteiger partial charge on any atom is -0.481 e. The summed E-state index contributed by atoms with van der Waals surface area (Å²) in [7, 11) is 0. The van der Waals surface area contributed by atoms with Crippen LogP contribution in [0.4, 0.5) is 0 Å². The first-order valence-electron chi connectivity index (χ1n) is 5.96. The van der Waals surface area contributed by atoms with Crippen LogP contribution in [0.25, 0.3) is 11.3 Å². The van der Waals surface area contributed by atoms with Crippen LogP contribution in [0, 0.1) is 0 Å². The van der Waals surface area contributed by atoms with Crippen molar-refractivity contribution in [1.82, 2.24) is 4.98 Å². The lowest BCUT2D eigenvalue weighted by Crippen LogP contribution is -1.99. The van der Waals surface area contributed by atoms with Crippen molar-refractivity contribution in [1.29, 1.82) is 0 Å². The lowest BCUT2D eigenvalue weighted by atomic mass is 10.1. The molecule has 0 fully saturated rings. The van der Waals surface area contributed by atoms with Gasteiger partial charge < -0.3 is 5.11 Å². The molecule has 3 nitrogen and oxygen atoms in total. The van der Waals surface area contributed by atoms with Gasteiger partial charge in [0.25, 0.3) is 0 Å². The van der Waals surface area contributed by atoms with Crippen LogP contribution in [0.15, 0.2) is 30.3 Å². The maximum atomic E-state index is 10.9. The average molecular weight is 261 g/mol. The molecule has 0 radical (unpaired) electrons. The number of thiazole rings is 1.